The summed E-state index contributed by atoms with van der Waals surface area (Å²) in [6.45, 7) is 4.13. The Balaban J connectivity index is 1.86. The summed E-state index contributed by atoms with van der Waals surface area (Å²) in [5, 5.41) is 3.81. The van der Waals surface area contributed by atoms with Crippen LogP contribution >= 0.6 is 31.9 Å². The van der Waals surface area contributed by atoms with Crippen LogP contribution in [0.15, 0.2) is 75.7 Å². The molecule has 0 fully saturated rings. The molecule has 0 aliphatic heterocycles. The Labute approximate surface area is 186 Å². The smallest absolute Gasteiger partial charge is 0.256 e. The molecule has 0 unspecified atom stereocenters. The van der Waals surface area contributed by atoms with E-state index >= 15 is 0 Å². The van der Waals surface area contributed by atoms with Crippen molar-refractivity contribution in [3.8, 4) is 11.3 Å². The van der Waals surface area contributed by atoms with E-state index in [1.165, 1.54) is 5.56 Å². The molecular formula is C24H18Br2N2O. The van der Waals surface area contributed by atoms with Crippen LogP contribution in [0, 0.1) is 13.8 Å². The van der Waals surface area contributed by atoms with E-state index in [1.807, 2.05) is 48.5 Å². The minimum atomic E-state index is -0.167. The second-order valence-electron chi connectivity index (χ2n) is 7.00. The van der Waals surface area contributed by atoms with Crippen molar-refractivity contribution >= 4 is 54.4 Å². The van der Waals surface area contributed by atoms with E-state index in [1.54, 1.807) is 0 Å². The number of carbonyl (C=O) groups excluding carboxylic acids is 1. The summed E-state index contributed by atoms with van der Waals surface area (Å²) in [6, 6.07) is 21.5. The standard InChI is InChI=1S/C24H18Br2N2O/c1-14-6-8-19(15(2)10-14)23-13-21(20-12-17(26)7-9-22(20)28-23)24(29)27-18-5-3-4-16(25)11-18/h3-13H,1-2H3,(H,27,29). The van der Waals surface area contributed by atoms with E-state index in [4.69, 9.17) is 4.98 Å². The Hall–Kier alpha value is -2.50. The molecule has 0 aliphatic carbocycles. The number of fused-ring (bicyclic) bond motifs is 1. The number of hydrogen-bond acceptors (Lipinski definition) is 2. The molecule has 1 heterocycles. The van der Waals surface area contributed by atoms with Crippen molar-refractivity contribution in [1.29, 1.82) is 0 Å². The molecule has 0 spiro atoms. The fourth-order valence-corrected chi connectivity index (χ4v) is 4.15. The average Bonchev–Trinajstić information content (AvgIpc) is 2.67. The minimum Gasteiger partial charge on any atom is -0.322 e. The van der Waals surface area contributed by atoms with Gasteiger partial charge in [-0.1, -0.05) is 61.7 Å². The highest BCUT2D eigenvalue weighted by Gasteiger charge is 2.16. The van der Waals surface area contributed by atoms with E-state index < -0.39 is 0 Å². The molecule has 4 aromatic rings. The number of benzene rings is 3. The highest BCUT2D eigenvalue weighted by molar-refractivity contribution is 9.10. The van der Waals surface area contributed by atoms with Gasteiger partial charge in [0.15, 0.2) is 0 Å². The molecule has 1 aromatic heterocycles. The fraction of sp³-hybridized carbons (Fsp3) is 0.0833. The molecule has 0 atom stereocenters. The maximum absolute atomic E-state index is 13.2. The number of nitrogens with zero attached hydrogens (tertiary/aromatic N) is 1. The van der Waals surface area contributed by atoms with Gasteiger partial charge in [0.1, 0.15) is 0 Å². The minimum absolute atomic E-state index is 0.167. The lowest BCUT2D eigenvalue weighted by molar-refractivity contribution is 0.102. The maximum Gasteiger partial charge on any atom is 0.256 e. The Morgan fingerprint density at radius 2 is 1.69 bits per heavy atom. The van der Waals surface area contributed by atoms with Gasteiger partial charge in [0.05, 0.1) is 16.8 Å². The Bertz CT molecular complexity index is 1250. The number of nitrogens with one attached hydrogen (secondary N) is 1. The normalized spacial score (nSPS) is 10.9. The molecule has 1 N–H and O–H groups in total. The lowest BCUT2D eigenvalue weighted by atomic mass is 9.99. The van der Waals surface area contributed by atoms with E-state index in [2.05, 4.69) is 69.2 Å². The monoisotopic (exact) mass is 508 g/mol. The molecule has 1 amide bonds. The van der Waals surface area contributed by atoms with Crippen molar-refractivity contribution in [3.63, 3.8) is 0 Å². The van der Waals surface area contributed by atoms with Crippen LogP contribution in [0.5, 0.6) is 0 Å². The summed E-state index contributed by atoms with van der Waals surface area (Å²) < 4.78 is 1.82. The van der Waals surface area contributed by atoms with Crippen molar-refractivity contribution < 1.29 is 4.79 Å². The third-order valence-electron chi connectivity index (χ3n) is 4.76. The van der Waals surface area contributed by atoms with Gasteiger partial charge in [-0.3, -0.25) is 4.79 Å². The number of anilines is 1. The number of halogens is 2. The average molecular weight is 510 g/mol. The number of amides is 1. The number of carbonyl (C=O) groups is 1. The lowest BCUT2D eigenvalue weighted by Crippen LogP contribution is -2.13. The molecule has 0 aliphatic rings. The molecule has 3 aromatic carbocycles. The number of aromatic nitrogens is 1. The molecule has 5 heteroatoms. The third-order valence-corrected chi connectivity index (χ3v) is 5.74. The van der Waals surface area contributed by atoms with Crippen molar-refractivity contribution in [2.24, 2.45) is 0 Å². The van der Waals surface area contributed by atoms with Gasteiger partial charge in [0, 0.05) is 25.6 Å². The molecule has 3 nitrogen and oxygen atoms in total. The zero-order valence-electron chi connectivity index (χ0n) is 16.0. The molecule has 144 valence electrons. The zero-order valence-corrected chi connectivity index (χ0v) is 19.1. The highest BCUT2D eigenvalue weighted by atomic mass is 79.9. The number of hydrogen-bond donors (Lipinski definition) is 1. The first-order valence-corrected chi connectivity index (χ1v) is 10.7. The second-order valence-corrected chi connectivity index (χ2v) is 8.83. The molecule has 4 rings (SSSR count). The Morgan fingerprint density at radius 1 is 0.897 bits per heavy atom. The Kier molecular flexibility index (Phi) is 5.52. The number of aryl methyl sites for hydroxylation is 2. The second kappa shape index (κ2) is 8.09. The fourth-order valence-electron chi connectivity index (χ4n) is 3.39. The van der Waals surface area contributed by atoms with E-state index in [0.29, 0.717) is 5.56 Å². The summed E-state index contributed by atoms with van der Waals surface area (Å²) in [4.78, 5) is 18.0. The van der Waals surface area contributed by atoms with Crippen molar-refractivity contribution in [1.82, 2.24) is 4.98 Å². The Morgan fingerprint density at radius 3 is 2.45 bits per heavy atom. The first kappa shape index (κ1) is 19.8. The van der Waals surface area contributed by atoms with Crippen LogP contribution in [0.25, 0.3) is 22.2 Å². The van der Waals surface area contributed by atoms with Gasteiger partial charge < -0.3 is 5.32 Å². The first-order valence-electron chi connectivity index (χ1n) is 9.15. The van der Waals surface area contributed by atoms with Gasteiger partial charge in [-0.25, -0.2) is 4.98 Å². The van der Waals surface area contributed by atoms with Crippen LogP contribution in [-0.2, 0) is 0 Å². The van der Waals surface area contributed by atoms with Gasteiger partial charge in [-0.05, 0) is 61.9 Å². The van der Waals surface area contributed by atoms with Gasteiger partial charge in [0.25, 0.3) is 5.91 Å². The third kappa shape index (κ3) is 4.26. The SMILES string of the molecule is Cc1ccc(-c2cc(C(=O)Nc3cccc(Br)c3)c3cc(Br)ccc3n2)c(C)c1. The largest absolute Gasteiger partial charge is 0.322 e. The van der Waals surface area contributed by atoms with E-state index in [-0.39, 0.29) is 5.91 Å². The molecule has 29 heavy (non-hydrogen) atoms. The molecule has 0 saturated heterocycles. The molecule has 0 radical (unpaired) electrons. The lowest BCUT2D eigenvalue weighted by Gasteiger charge is -2.13. The summed E-state index contributed by atoms with van der Waals surface area (Å²) >= 11 is 6.96. The summed E-state index contributed by atoms with van der Waals surface area (Å²) in [5.41, 5.74) is 6.25. The van der Waals surface area contributed by atoms with Crippen molar-refractivity contribution in [2.45, 2.75) is 13.8 Å². The van der Waals surface area contributed by atoms with Crippen LogP contribution in [0.4, 0.5) is 5.69 Å². The number of rotatable bonds is 3. The summed E-state index contributed by atoms with van der Waals surface area (Å²) in [5.74, 6) is -0.167. The highest BCUT2D eigenvalue weighted by Crippen LogP contribution is 2.30. The number of pyridine rings is 1. The van der Waals surface area contributed by atoms with E-state index in [0.717, 1.165) is 42.4 Å². The van der Waals surface area contributed by atoms with Gasteiger partial charge in [-0.2, -0.15) is 0 Å². The summed E-state index contributed by atoms with van der Waals surface area (Å²) in [7, 11) is 0. The quantitative estimate of drug-likeness (QED) is 0.315. The molecular weight excluding hydrogens is 492 g/mol. The topological polar surface area (TPSA) is 42.0 Å². The van der Waals surface area contributed by atoms with Crippen LogP contribution in [-0.4, -0.2) is 10.9 Å². The van der Waals surface area contributed by atoms with Gasteiger partial charge in [0.2, 0.25) is 0 Å². The summed E-state index contributed by atoms with van der Waals surface area (Å²) in [6.07, 6.45) is 0. The van der Waals surface area contributed by atoms with Crippen molar-refractivity contribution in [3.05, 3.63) is 92.4 Å². The predicted molar refractivity (Wildman–Crippen MR) is 126 cm³/mol. The van der Waals surface area contributed by atoms with Crippen LogP contribution in [0.2, 0.25) is 0 Å². The first-order chi connectivity index (χ1) is 13.9. The van der Waals surface area contributed by atoms with Gasteiger partial charge in [-0.15, -0.1) is 0 Å². The van der Waals surface area contributed by atoms with E-state index in [9.17, 15) is 4.79 Å². The predicted octanol–water partition coefficient (Wildman–Crippen LogP) is 7.30. The molecule has 0 bridgehead atoms. The van der Waals surface area contributed by atoms with Crippen LogP contribution < -0.4 is 5.32 Å². The zero-order chi connectivity index (χ0) is 20.5. The molecule has 0 saturated carbocycles. The van der Waals surface area contributed by atoms with Gasteiger partial charge >= 0.3 is 0 Å². The van der Waals surface area contributed by atoms with Crippen LogP contribution in [0.1, 0.15) is 21.5 Å². The maximum atomic E-state index is 13.2. The van der Waals surface area contributed by atoms with Crippen molar-refractivity contribution in [2.75, 3.05) is 5.32 Å². The van der Waals surface area contributed by atoms with Crippen LogP contribution in [0.3, 0.4) is 0 Å².